The number of carbonyl (C=O) groups excluding carboxylic acids is 1. The molecule has 0 unspecified atom stereocenters. The number of carbonyl (C=O) groups is 1. The molecule has 166 valence electrons. The van der Waals surface area contributed by atoms with Gasteiger partial charge in [0.15, 0.2) is 23.2 Å². The van der Waals surface area contributed by atoms with Gasteiger partial charge >= 0.3 is 6.18 Å². The van der Waals surface area contributed by atoms with Crippen LogP contribution in [0.5, 0.6) is 0 Å². The molecule has 1 amide bonds. The largest absolute Gasteiger partial charge is 0.424 e. The minimum Gasteiger partial charge on any atom is -0.374 e. The maximum Gasteiger partial charge on any atom is 0.424 e. The van der Waals surface area contributed by atoms with Crippen molar-refractivity contribution in [2.45, 2.75) is 38.2 Å². The Bertz CT molecular complexity index is 1200. The van der Waals surface area contributed by atoms with Crippen LogP contribution < -0.4 is 0 Å². The second kappa shape index (κ2) is 6.74. The fraction of sp³-hybridized carbons (Fsp3) is 0.421. The molecule has 1 aromatic carbocycles. The smallest absolute Gasteiger partial charge is 0.374 e. The van der Waals surface area contributed by atoms with Gasteiger partial charge in [-0.25, -0.2) is 13.8 Å². The van der Waals surface area contributed by atoms with E-state index < -0.39 is 41.2 Å². The zero-order chi connectivity index (χ0) is 22.9. The number of imidazole rings is 1. The van der Waals surface area contributed by atoms with Gasteiger partial charge in [0.1, 0.15) is 0 Å². The van der Waals surface area contributed by atoms with E-state index in [-0.39, 0.29) is 29.7 Å². The summed E-state index contributed by atoms with van der Waals surface area (Å²) in [6.45, 7) is 2.13. The van der Waals surface area contributed by atoms with Crippen molar-refractivity contribution in [2.24, 2.45) is 7.05 Å². The summed E-state index contributed by atoms with van der Waals surface area (Å²) in [5, 5.41) is 14.2. The molecule has 1 aliphatic heterocycles. The molecule has 31 heavy (non-hydrogen) atoms. The van der Waals surface area contributed by atoms with Gasteiger partial charge in [-0.15, -0.1) is 0 Å². The Kier molecular flexibility index (Phi) is 4.61. The number of halogens is 5. The third-order valence-electron chi connectivity index (χ3n) is 5.52. The molecule has 0 bridgehead atoms. The van der Waals surface area contributed by atoms with Crippen LogP contribution in [-0.2, 0) is 19.2 Å². The molecule has 4 rings (SSSR count). The van der Waals surface area contributed by atoms with Crippen molar-refractivity contribution in [3.05, 3.63) is 47.2 Å². The van der Waals surface area contributed by atoms with E-state index in [1.54, 1.807) is 6.92 Å². The van der Waals surface area contributed by atoms with Gasteiger partial charge in [-0.2, -0.15) is 18.3 Å². The van der Waals surface area contributed by atoms with Gasteiger partial charge in [-0.3, -0.25) is 9.48 Å². The summed E-state index contributed by atoms with van der Waals surface area (Å²) in [5.41, 5.74) is -2.74. The lowest BCUT2D eigenvalue weighted by Gasteiger charge is -2.36. The molecule has 12 heteroatoms. The van der Waals surface area contributed by atoms with Gasteiger partial charge in [-0.1, -0.05) is 0 Å². The predicted molar refractivity (Wildman–Crippen MR) is 97.9 cm³/mol. The molecule has 7 nitrogen and oxygen atoms in total. The van der Waals surface area contributed by atoms with Gasteiger partial charge in [0.2, 0.25) is 5.60 Å². The van der Waals surface area contributed by atoms with E-state index in [2.05, 4.69) is 10.1 Å². The Hall–Kier alpha value is -3.02. The first-order valence-electron chi connectivity index (χ1n) is 9.29. The highest BCUT2D eigenvalue weighted by atomic mass is 19.4. The van der Waals surface area contributed by atoms with Crippen LogP contribution in [0.1, 0.15) is 41.9 Å². The molecule has 1 N–H and O–H groups in total. The summed E-state index contributed by atoms with van der Waals surface area (Å²) in [6, 6.07) is 1.19. The van der Waals surface area contributed by atoms with E-state index in [4.69, 9.17) is 0 Å². The molecule has 0 saturated carbocycles. The zero-order valence-electron chi connectivity index (χ0n) is 16.7. The topological polar surface area (TPSA) is 76.2 Å². The molecule has 0 spiro atoms. The summed E-state index contributed by atoms with van der Waals surface area (Å²) < 4.78 is 69.7. The fourth-order valence-electron chi connectivity index (χ4n) is 3.87. The number of fused-ring (bicyclic) bond motifs is 2. The van der Waals surface area contributed by atoms with Crippen LogP contribution >= 0.6 is 0 Å². The normalized spacial score (nSPS) is 18.9. The zero-order valence-corrected chi connectivity index (χ0v) is 16.7. The first-order chi connectivity index (χ1) is 14.3. The Labute approximate surface area is 172 Å². The Balaban J connectivity index is 1.71. The SMILES string of the molecule is C[C@H]1CN(C(=O)c2nn(C)c3cc(F)c(F)cc23)Cc2cnc([C@@](C)(O)C(F)(F)F)n21. The molecular formula is C19H18F5N5O2. The highest BCUT2D eigenvalue weighted by Crippen LogP contribution is 2.40. The average molecular weight is 443 g/mol. The molecule has 0 aliphatic carbocycles. The first-order valence-corrected chi connectivity index (χ1v) is 9.29. The van der Waals surface area contributed by atoms with Crippen LogP contribution in [0, 0.1) is 11.6 Å². The van der Waals surface area contributed by atoms with Crippen molar-refractivity contribution in [1.82, 2.24) is 24.2 Å². The number of aryl methyl sites for hydroxylation is 1. The average Bonchev–Trinajstić information content (AvgIpc) is 3.23. The molecule has 3 aromatic rings. The van der Waals surface area contributed by atoms with E-state index in [0.29, 0.717) is 12.6 Å². The lowest BCUT2D eigenvalue weighted by atomic mass is 10.0. The number of nitrogens with zero attached hydrogens (tertiary/aromatic N) is 5. The molecule has 0 fully saturated rings. The van der Waals surface area contributed by atoms with Crippen LogP contribution in [0.25, 0.3) is 10.9 Å². The number of amides is 1. The number of aromatic nitrogens is 4. The highest BCUT2D eigenvalue weighted by Gasteiger charge is 2.55. The summed E-state index contributed by atoms with van der Waals surface area (Å²) in [7, 11) is 1.48. The monoisotopic (exact) mass is 443 g/mol. The van der Waals surface area contributed by atoms with Crippen molar-refractivity contribution in [2.75, 3.05) is 6.54 Å². The molecular weight excluding hydrogens is 425 g/mol. The number of rotatable bonds is 2. The quantitative estimate of drug-likeness (QED) is 0.618. The molecule has 2 aromatic heterocycles. The van der Waals surface area contributed by atoms with Gasteiger partial charge in [0, 0.05) is 25.0 Å². The third kappa shape index (κ3) is 3.16. The molecule has 2 atom stereocenters. The van der Waals surface area contributed by atoms with Crippen LogP contribution in [-0.4, -0.2) is 48.0 Å². The molecule has 0 saturated heterocycles. The minimum atomic E-state index is -4.94. The lowest BCUT2D eigenvalue weighted by molar-refractivity contribution is -0.263. The number of aliphatic hydroxyl groups is 1. The maximum atomic E-state index is 13.7. The van der Waals surface area contributed by atoms with E-state index in [9.17, 15) is 31.9 Å². The molecule has 3 heterocycles. The second-order valence-corrected chi connectivity index (χ2v) is 7.80. The van der Waals surface area contributed by atoms with Gasteiger partial charge in [0.05, 0.1) is 30.0 Å². The Morgan fingerprint density at radius 3 is 2.52 bits per heavy atom. The van der Waals surface area contributed by atoms with Crippen LogP contribution in [0.3, 0.4) is 0 Å². The van der Waals surface area contributed by atoms with Crippen molar-refractivity contribution < 1.29 is 31.9 Å². The summed E-state index contributed by atoms with van der Waals surface area (Å²) in [4.78, 5) is 18.2. The number of hydrogen-bond acceptors (Lipinski definition) is 4. The van der Waals surface area contributed by atoms with E-state index >= 15 is 0 Å². The molecule has 1 aliphatic rings. The van der Waals surface area contributed by atoms with Crippen molar-refractivity contribution in [3.63, 3.8) is 0 Å². The van der Waals surface area contributed by atoms with E-state index in [1.165, 1.54) is 27.4 Å². The predicted octanol–water partition coefficient (Wildman–Crippen LogP) is 3.03. The fourth-order valence-corrected chi connectivity index (χ4v) is 3.87. The van der Waals surface area contributed by atoms with Gasteiger partial charge in [0.25, 0.3) is 5.91 Å². The summed E-state index contributed by atoms with van der Waals surface area (Å²) in [6.07, 6.45) is -3.76. The highest BCUT2D eigenvalue weighted by molar-refractivity contribution is 6.04. The van der Waals surface area contributed by atoms with Crippen LogP contribution in [0.2, 0.25) is 0 Å². The number of hydrogen-bond donors (Lipinski definition) is 1. The first kappa shape index (κ1) is 21.2. The van der Waals surface area contributed by atoms with Crippen molar-refractivity contribution >= 4 is 16.8 Å². The maximum absolute atomic E-state index is 13.7. The Morgan fingerprint density at radius 1 is 1.23 bits per heavy atom. The van der Waals surface area contributed by atoms with Gasteiger partial charge in [-0.05, 0) is 19.9 Å². The number of benzene rings is 1. The van der Waals surface area contributed by atoms with Crippen molar-refractivity contribution in [3.8, 4) is 0 Å². The minimum absolute atomic E-state index is 0.00484. The van der Waals surface area contributed by atoms with Crippen molar-refractivity contribution in [1.29, 1.82) is 0 Å². The van der Waals surface area contributed by atoms with Crippen LogP contribution in [0.4, 0.5) is 22.0 Å². The van der Waals surface area contributed by atoms with Crippen LogP contribution in [0.15, 0.2) is 18.3 Å². The Morgan fingerprint density at radius 2 is 1.87 bits per heavy atom. The van der Waals surface area contributed by atoms with E-state index in [1.807, 2.05) is 0 Å². The second-order valence-electron chi connectivity index (χ2n) is 7.80. The summed E-state index contributed by atoms with van der Waals surface area (Å²) >= 11 is 0. The van der Waals surface area contributed by atoms with E-state index in [0.717, 1.165) is 12.1 Å². The number of alkyl halides is 3. The summed E-state index contributed by atoms with van der Waals surface area (Å²) in [5.74, 6) is -3.34. The van der Waals surface area contributed by atoms with Gasteiger partial charge < -0.3 is 14.6 Å². The third-order valence-corrected chi connectivity index (χ3v) is 5.52. The lowest BCUT2D eigenvalue weighted by Crippen LogP contribution is -2.45. The standard InChI is InChI=1S/C19H18F5N5O2/c1-9-7-28(8-10-6-25-17(29(9)10)18(2,31)19(22,23)24)16(30)15-11-4-12(20)13(21)5-14(11)27(3)26-15/h4-6,9,31H,7-8H2,1-3H3/t9-,18+/m0/s1. The molecule has 0 radical (unpaired) electrons.